The highest BCUT2D eigenvalue weighted by Crippen LogP contribution is 2.46. The van der Waals surface area contributed by atoms with Gasteiger partial charge in [-0.2, -0.15) is 0 Å². The van der Waals surface area contributed by atoms with Crippen molar-refractivity contribution in [2.75, 3.05) is 5.75 Å². The van der Waals surface area contributed by atoms with Gasteiger partial charge in [0.25, 0.3) is 0 Å². The Morgan fingerprint density at radius 3 is 2.22 bits per heavy atom. The lowest BCUT2D eigenvalue weighted by atomic mass is 9.91. The van der Waals surface area contributed by atoms with E-state index in [1.807, 2.05) is 0 Å². The van der Waals surface area contributed by atoms with Crippen molar-refractivity contribution in [1.29, 1.82) is 0 Å². The van der Waals surface area contributed by atoms with Crippen LogP contribution in [0.15, 0.2) is 18.2 Å². The minimum absolute atomic E-state index is 0.212. The van der Waals surface area contributed by atoms with Crippen LogP contribution in [-0.4, -0.2) is 24.7 Å². The third-order valence-corrected chi connectivity index (χ3v) is 9.10. The summed E-state index contributed by atoms with van der Waals surface area (Å²) in [5.74, 6) is 2.25. The molecule has 1 aromatic carbocycles. The zero-order chi connectivity index (χ0) is 20.4. The SMILES string of the molecule is CC1c2ccc(CC(=O)CCCCCS(=O)(=O)C(C)(C)C)cc2C(C)C1C. The third kappa shape index (κ3) is 5.22. The molecule has 0 radical (unpaired) electrons. The Hall–Kier alpha value is -1.16. The van der Waals surface area contributed by atoms with Crippen LogP contribution in [0.3, 0.4) is 0 Å². The molecule has 0 spiro atoms. The maximum atomic E-state index is 12.3. The van der Waals surface area contributed by atoms with E-state index in [1.54, 1.807) is 20.8 Å². The standard InChI is InChI=1S/C23H36O3S/c1-16-17(2)21-12-11-19(15-22(21)18(16)3)14-20(24)10-8-7-9-13-27(25,26)23(4,5)6/h11-12,15-18H,7-10,13-14H2,1-6H3. The van der Waals surface area contributed by atoms with Crippen molar-refractivity contribution in [3.63, 3.8) is 0 Å². The van der Waals surface area contributed by atoms with Gasteiger partial charge in [0.2, 0.25) is 0 Å². The van der Waals surface area contributed by atoms with Crippen LogP contribution in [0.2, 0.25) is 0 Å². The van der Waals surface area contributed by atoms with Gasteiger partial charge in [0.1, 0.15) is 5.78 Å². The van der Waals surface area contributed by atoms with Crippen LogP contribution >= 0.6 is 0 Å². The van der Waals surface area contributed by atoms with Crippen LogP contribution in [0.5, 0.6) is 0 Å². The Kier molecular flexibility index (Phi) is 6.94. The summed E-state index contributed by atoms with van der Waals surface area (Å²) < 4.78 is 23.5. The van der Waals surface area contributed by atoms with E-state index in [-0.39, 0.29) is 11.5 Å². The van der Waals surface area contributed by atoms with Gasteiger partial charge < -0.3 is 0 Å². The van der Waals surface area contributed by atoms with E-state index in [0.717, 1.165) is 18.4 Å². The lowest BCUT2D eigenvalue weighted by molar-refractivity contribution is -0.118. The van der Waals surface area contributed by atoms with Crippen molar-refractivity contribution in [1.82, 2.24) is 0 Å². The second-order valence-corrected chi connectivity index (χ2v) is 12.2. The number of hydrogen-bond donors (Lipinski definition) is 0. The van der Waals surface area contributed by atoms with E-state index in [1.165, 1.54) is 11.1 Å². The number of fused-ring (bicyclic) bond motifs is 1. The van der Waals surface area contributed by atoms with Gasteiger partial charge in [-0.15, -0.1) is 0 Å². The topological polar surface area (TPSA) is 51.2 Å². The Morgan fingerprint density at radius 1 is 0.963 bits per heavy atom. The first kappa shape index (κ1) is 22.1. The summed E-state index contributed by atoms with van der Waals surface area (Å²) in [4.78, 5) is 12.3. The second-order valence-electron chi connectivity index (χ2n) is 9.36. The average molecular weight is 393 g/mol. The minimum Gasteiger partial charge on any atom is -0.299 e. The van der Waals surface area contributed by atoms with Crippen LogP contribution < -0.4 is 0 Å². The molecular weight excluding hydrogens is 356 g/mol. The van der Waals surface area contributed by atoms with E-state index in [0.29, 0.717) is 37.0 Å². The highest BCUT2D eigenvalue weighted by molar-refractivity contribution is 7.92. The van der Waals surface area contributed by atoms with Crippen molar-refractivity contribution in [3.8, 4) is 0 Å². The molecule has 1 aliphatic carbocycles. The van der Waals surface area contributed by atoms with Crippen LogP contribution in [-0.2, 0) is 21.1 Å². The van der Waals surface area contributed by atoms with Gasteiger partial charge in [-0.05, 0) is 68.1 Å². The molecule has 152 valence electrons. The molecule has 0 amide bonds. The molecule has 3 nitrogen and oxygen atoms in total. The summed E-state index contributed by atoms with van der Waals surface area (Å²) in [7, 11) is -3.05. The van der Waals surface area contributed by atoms with Gasteiger partial charge in [0.05, 0.1) is 10.5 Å². The van der Waals surface area contributed by atoms with Crippen LogP contribution in [0.1, 0.15) is 95.8 Å². The Bertz CT molecular complexity index is 771. The molecule has 1 aromatic rings. The van der Waals surface area contributed by atoms with Crippen molar-refractivity contribution in [2.24, 2.45) is 5.92 Å². The summed E-state index contributed by atoms with van der Waals surface area (Å²) in [6, 6.07) is 6.54. The van der Waals surface area contributed by atoms with Gasteiger partial charge in [0.15, 0.2) is 9.84 Å². The molecule has 0 fully saturated rings. The lowest BCUT2D eigenvalue weighted by Crippen LogP contribution is -2.30. The number of Topliss-reactive ketones (excluding diaryl/α,β-unsaturated/α-hetero) is 1. The van der Waals surface area contributed by atoms with E-state index < -0.39 is 14.6 Å². The molecule has 0 aromatic heterocycles. The fourth-order valence-electron chi connectivity index (χ4n) is 3.96. The van der Waals surface area contributed by atoms with Crippen molar-refractivity contribution >= 4 is 15.6 Å². The van der Waals surface area contributed by atoms with Crippen LogP contribution in [0.25, 0.3) is 0 Å². The monoisotopic (exact) mass is 392 g/mol. The molecule has 0 saturated heterocycles. The van der Waals surface area contributed by atoms with Gasteiger partial charge in [-0.25, -0.2) is 8.42 Å². The van der Waals surface area contributed by atoms with Gasteiger partial charge in [0, 0.05) is 12.8 Å². The molecule has 0 saturated carbocycles. The molecule has 0 bridgehead atoms. The molecule has 3 unspecified atom stereocenters. The van der Waals surface area contributed by atoms with Gasteiger partial charge in [-0.1, -0.05) is 45.4 Å². The van der Waals surface area contributed by atoms with Gasteiger partial charge in [-0.3, -0.25) is 4.79 Å². The predicted octanol–water partition coefficient (Wildman–Crippen LogP) is 5.43. The molecular formula is C23H36O3S. The number of sulfone groups is 1. The smallest absolute Gasteiger partial charge is 0.155 e. The molecule has 0 heterocycles. The van der Waals surface area contributed by atoms with Crippen molar-refractivity contribution in [3.05, 3.63) is 34.9 Å². The Balaban J connectivity index is 1.79. The summed E-state index contributed by atoms with van der Waals surface area (Å²) in [5, 5.41) is 0. The van der Waals surface area contributed by atoms with Crippen molar-refractivity contribution in [2.45, 2.75) is 90.2 Å². The van der Waals surface area contributed by atoms with E-state index in [9.17, 15) is 13.2 Å². The summed E-state index contributed by atoms with van der Waals surface area (Å²) in [5.41, 5.74) is 3.96. The molecule has 4 heteroatoms. The third-order valence-electron chi connectivity index (χ3n) is 6.41. The Labute approximate surface area is 165 Å². The number of benzene rings is 1. The first-order valence-electron chi connectivity index (χ1n) is 10.3. The maximum absolute atomic E-state index is 12.3. The molecule has 2 rings (SSSR count). The zero-order valence-electron chi connectivity index (χ0n) is 17.8. The molecule has 27 heavy (non-hydrogen) atoms. The van der Waals surface area contributed by atoms with E-state index in [2.05, 4.69) is 39.0 Å². The molecule has 0 N–H and O–H groups in total. The lowest BCUT2D eigenvalue weighted by Gasteiger charge is -2.18. The number of carbonyl (C=O) groups is 1. The van der Waals surface area contributed by atoms with Crippen molar-refractivity contribution < 1.29 is 13.2 Å². The number of unbranched alkanes of at least 4 members (excludes halogenated alkanes) is 2. The zero-order valence-corrected chi connectivity index (χ0v) is 18.7. The number of hydrogen-bond acceptors (Lipinski definition) is 3. The maximum Gasteiger partial charge on any atom is 0.155 e. The van der Waals surface area contributed by atoms with Crippen LogP contribution in [0, 0.1) is 5.92 Å². The first-order valence-corrected chi connectivity index (χ1v) is 12.0. The number of ketones is 1. The Morgan fingerprint density at radius 2 is 1.59 bits per heavy atom. The quantitative estimate of drug-likeness (QED) is 0.554. The summed E-state index contributed by atoms with van der Waals surface area (Å²) in [6.45, 7) is 12.1. The largest absolute Gasteiger partial charge is 0.299 e. The molecule has 3 atom stereocenters. The van der Waals surface area contributed by atoms with E-state index in [4.69, 9.17) is 0 Å². The average Bonchev–Trinajstić information content (AvgIpc) is 2.78. The molecule has 1 aliphatic rings. The number of rotatable bonds is 8. The first-order chi connectivity index (χ1) is 12.4. The normalized spacial score (nSPS) is 22.7. The van der Waals surface area contributed by atoms with E-state index >= 15 is 0 Å². The second kappa shape index (κ2) is 8.46. The minimum atomic E-state index is -3.05. The summed E-state index contributed by atoms with van der Waals surface area (Å²) in [6.07, 6.45) is 3.22. The predicted molar refractivity (Wildman–Crippen MR) is 113 cm³/mol. The highest BCUT2D eigenvalue weighted by Gasteiger charge is 2.32. The number of carbonyl (C=O) groups excluding carboxylic acids is 1. The summed E-state index contributed by atoms with van der Waals surface area (Å²) >= 11 is 0. The fraction of sp³-hybridized carbons (Fsp3) is 0.696. The highest BCUT2D eigenvalue weighted by atomic mass is 32.2. The fourth-order valence-corrected chi connectivity index (χ4v) is 5.15. The van der Waals surface area contributed by atoms with Gasteiger partial charge >= 0.3 is 0 Å². The molecule has 0 aliphatic heterocycles. The van der Waals surface area contributed by atoms with Crippen LogP contribution in [0.4, 0.5) is 0 Å².